The molecular formula is C24H28N2O. The highest BCUT2D eigenvalue weighted by atomic mass is 16.1. The third kappa shape index (κ3) is 3.27. The number of nitrogens with one attached hydrogen (secondary N) is 2. The van der Waals surface area contributed by atoms with Gasteiger partial charge in [-0.25, -0.2) is 0 Å². The standard InChI is InChI=1S/C24H28N2O/c1-4-25-24(27)18-12-13-22-21(14-18)19-6-5-7-20(19)23(26-22)17-10-8-16(9-11-17)15(2)3/h5-6,8-15,19-20,23,26H,4,7H2,1-3H3,(H,25,27). The van der Waals surface area contributed by atoms with Gasteiger partial charge in [0.05, 0.1) is 6.04 Å². The number of rotatable bonds is 4. The Morgan fingerprint density at radius 3 is 2.67 bits per heavy atom. The van der Waals surface area contributed by atoms with Gasteiger partial charge in [0.2, 0.25) is 0 Å². The molecule has 3 heteroatoms. The number of hydrogen-bond acceptors (Lipinski definition) is 2. The molecule has 1 aliphatic heterocycles. The number of fused-ring (bicyclic) bond motifs is 3. The minimum atomic E-state index is 0.00484. The van der Waals surface area contributed by atoms with Crippen LogP contribution in [0, 0.1) is 5.92 Å². The monoisotopic (exact) mass is 360 g/mol. The first kappa shape index (κ1) is 17.8. The van der Waals surface area contributed by atoms with Crippen molar-refractivity contribution in [3.63, 3.8) is 0 Å². The summed E-state index contributed by atoms with van der Waals surface area (Å²) >= 11 is 0. The number of amides is 1. The van der Waals surface area contributed by atoms with Gasteiger partial charge in [0.1, 0.15) is 0 Å². The van der Waals surface area contributed by atoms with E-state index in [2.05, 4.69) is 73.0 Å². The molecule has 0 spiro atoms. The average molecular weight is 361 g/mol. The predicted octanol–water partition coefficient (Wildman–Crippen LogP) is 5.39. The van der Waals surface area contributed by atoms with E-state index in [4.69, 9.17) is 0 Å². The molecule has 0 radical (unpaired) electrons. The molecule has 3 unspecified atom stereocenters. The topological polar surface area (TPSA) is 41.1 Å². The fraction of sp³-hybridized carbons (Fsp3) is 0.375. The van der Waals surface area contributed by atoms with Crippen LogP contribution in [0.2, 0.25) is 0 Å². The van der Waals surface area contributed by atoms with Crippen molar-refractivity contribution in [1.29, 1.82) is 0 Å². The number of anilines is 1. The van der Waals surface area contributed by atoms with Crippen LogP contribution in [0.15, 0.2) is 54.6 Å². The van der Waals surface area contributed by atoms with Gasteiger partial charge in [0, 0.05) is 23.7 Å². The van der Waals surface area contributed by atoms with Crippen LogP contribution in [0.25, 0.3) is 0 Å². The third-order valence-electron chi connectivity index (χ3n) is 5.92. The van der Waals surface area contributed by atoms with Gasteiger partial charge in [-0.2, -0.15) is 0 Å². The van der Waals surface area contributed by atoms with Crippen molar-refractivity contribution in [3.05, 3.63) is 76.9 Å². The molecule has 3 atom stereocenters. The summed E-state index contributed by atoms with van der Waals surface area (Å²) in [5.41, 5.74) is 5.86. The Balaban J connectivity index is 1.67. The summed E-state index contributed by atoms with van der Waals surface area (Å²) < 4.78 is 0. The molecule has 27 heavy (non-hydrogen) atoms. The fourth-order valence-electron chi connectivity index (χ4n) is 4.42. The molecule has 0 aromatic heterocycles. The Labute approximate surface area is 161 Å². The van der Waals surface area contributed by atoms with E-state index in [9.17, 15) is 4.79 Å². The summed E-state index contributed by atoms with van der Waals surface area (Å²) in [6.45, 7) is 7.05. The van der Waals surface area contributed by atoms with Crippen LogP contribution in [0.3, 0.4) is 0 Å². The van der Waals surface area contributed by atoms with Crippen LogP contribution in [-0.4, -0.2) is 12.5 Å². The van der Waals surface area contributed by atoms with E-state index in [0.717, 1.165) is 17.7 Å². The maximum atomic E-state index is 12.2. The SMILES string of the molecule is CCNC(=O)c1ccc2c(c1)C1C=CCC1C(c1ccc(C(C)C)cc1)N2. The van der Waals surface area contributed by atoms with Gasteiger partial charge in [-0.15, -0.1) is 0 Å². The summed E-state index contributed by atoms with van der Waals surface area (Å²) in [6, 6.07) is 15.4. The van der Waals surface area contributed by atoms with Crippen molar-refractivity contribution in [2.24, 2.45) is 5.92 Å². The molecule has 4 rings (SSSR count). The Hall–Kier alpha value is -2.55. The van der Waals surface area contributed by atoms with Crippen molar-refractivity contribution in [2.75, 3.05) is 11.9 Å². The maximum Gasteiger partial charge on any atom is 0.251 e. The first-order valence-corrected chi connectivity index (χ1v) is 10.0. The van der Waals surface area contributed by atoms with Crippen molar-refractivity contribution in [1.82, 2.24) is 5.32 Å². The predicted molar refractivity (Wildman–Crippen MR) is 111 cm³/mol. The molecule has 140 valence electrons. The molecule has 3 nitrogen and oxygen atoms in total. The van der Waals surface area contributed by atoms with E-state index in [-0.39, 0.29) is 5.91 Å². The van der Waals surface area contributed by atoms with Crippen LogP contribution < -0.4 is 10.6 Å². The minimum absolute atomic E-state index is 0.00484. The fourth-order valence-corrected chi connectivity index (χ4v) is 4.42. The van der Waals surface area contributed by atoms with Crippen LogP contribution >= 0.6 is 0 Å². The molecule has 2 N–H and O–H groups in total. The van der Waals surface area contributed by atoms with Crippen LogP contribution in [0.5, 0.6) is 0 Å². The van der Waals surface area contributed by atoms with E-state index in [0.29, 0.717) is 30.3 Å². The van der Waals surface area contributed by atoms with Gasteiger partial charge < -0.3 is 10.6 Å². The Morgan fingerprint density at radius 2 is 1.96 bits per heavy atom. The molecule has 0 saturated heterocycles. The highest BCUT2D eigenvalue weighted by molar-refractivity contribution is 5.95. The van der Waals surface area contributed by atoms with Gasteiger partial charge in [-0.05, 0) is 60.1 Å². The minimum Gasteiger partial charge on any atom is -0.378 e. The lowest BCUT2D eigenvalue weighted by molar-refractivity contribution is 0.0955. The molecule has 2 aromatic carbocycles. The summed E-state index contributed by atoms with van der Waals surface area (Å²) in [4.78, 5) is 12.2. The number of benzene rings is 2. The molecule has 2 aromatic rings. The number of hydrogen-bond donors (Lipinski definition) is 2. The van der Waals surface area contributed by atoms with Crippen LogP contribution in [0.4, 0.5) is 5.69 Å². The summed E-state index contributed by atoms with van der Waals surface area (Å²) in [5.74, 6) is 1.41. The van der Waals surface area contributed by atoms with E-state index in [1.165, 1.54) is 16.7 Å². The second-order valence-electron chi connectivity index (χ2n) is 7.96. The molecule has 1 aliphatic carbocycles. The lowest BCUT2D eigenvalue weighted by Gasteiger charge is -2.37. The molecule has 1 amide bonds. The van der Waals surface area contributed by atoms with E-state index in [1.807, 2.05) is 13.0 Å². The molecule has 0 fully saturated rings. The van der Waals surface area contributed by atoms with E-state index in [1.54, 1.807) is 0 Å². The van der Waals surface area contributed by atoms with Gasteiger partial charge in [-0.3, -0.25) is 4.79 Å². The van der Waals surface area contributed by atoms with Gasteiger partial charge in [0.15, 0.2) is 0 Å². The lowest BCUT2D eigenvalue weighted by Crippen LogP contribution is -2.30. The van der Waals surface area contributed by atoms with Crippen LogP contribution in [0.1, 0.15) is 72.1 Å². The molecule has 1 heterocycles. The lowest BCUT2D eigenvalue weighted by atomic mass is 9.76. The zero-order valence-corrected chi connectivity index (χ0v) is 16.3. The second kappa shape index (κ2) is 7.22. The molecule has 2 aliphatic rings. The van der Waals surface area contributed by atoms with Gasteiger partial charge >= 0.3 is 0 Å². The largest absolute Gasteiger partial charge is 0.378 e. The molecular weight excluding hydrogens is 332 g/mol. The normalized spacial score (nSPS) is 22.9. The highest BCUT2D eigenvalue weighted by Crippen LogP contribution is 2.50. The summed E-state index contributed by atoms with van der Waals surface area (Å²) in [5, 5.41) is 6.66. The maximum absolute atomic E-state index is 12.2. The number of carbonyl (C=O) groups excluding carboxylic acids is 1. The summed E-state index contributed by atoms with van der Waals surface area (Å²) in [6.07, 6.45) is 5.68. The zero-order valence-electron chi connectivity index (χ0n) is 16.3. The average Bonchev–Trinajstić information content (AvgIpc) is 3.17. The van der Waals surface area contributed by atoms with Crippen molar-refractivity contribution in [3.8, 4) is 0 Å². The third-order valence-corrected chi connectivity index (χ3v) is 5.92. The van der Waals surface area contributed by atoms with Crippen molar-refractivity contribution >= 4 is 11.6 Å². The number of carbonyl (C=O) groups is 1. The van der Waals surface area contributed by atoms with Crippen molar-refractivity contribution in [2.45, 2.75) is 45.1 Å². The van der Waals surface area contributed by atoms with Gasteiger partial charge in [-0.1, -0.05) is 50.3 Å². The molecule has 0 bridgehead atoms. The second-order valence-corrected chi connectivity index (χ2v) is 7.96. The molecule has 0 saturated carbocycles. The van der Waals surface area contributed by atoms with E-state index < -0.39 is 0 Å². The Kier molecular flexibility index (Phi) is 4.77. The zero-order chi connectivity index (χ0) is 19.0. The smallest absolute Gasteiger partial charge is 0.251 e. The van der Waals surface area contributed by atoms with Gasteiger partial charge in [0.25, 0.3) is 5.91 Å². The Morgan fingerprint density at radius 1 is 1.19 bits per heavy atom. The quantitative estimate of drug-likeness (QED) is 0.718. The van der Waals surface area contributed by atoms with E-state index >= 15 is 0 Å². The van der Waals surface area contributed by atoms with Crippen molar-refractivity contribution < 1.29 is 4.79 Å². The first-order chi connectivity index (χ1) is 13.1. The summed E-state index contributed by atoms with van der Waals surface area (Å²) in [7, 11) is 0. The first-order valence-electron chi connectivity index (χ1n) is 10.0. The Bertz CT molecular complexity index is 866. The number of allylic oxidation sites excluding steroid dienone is 2. The highest BCUT2D eigenvalue weighted by Gasteiger charge is 2.38. The van der Waals surface area contributed by atoms with Crippen LogP contribution in [-0.2, 0) is 0 Å².